The summed E-state index contributed by atoms with van der Waals surface area (Å²) in [7, 11) is 0. The van der Waals surface area contributed by atoms with Crippen LogP contribution < -0.4 is 22.1 Å². The number of carbonyl (C=O) groups is 1. The fourth-order valence-electron chi connectivity index (χ4n) is 2.41. The molecule has 0 unspecified atom stereocenters. The van der Waals surface area contributed by atoms with Gasteiger partial charge in [-0.1, -0.05) is 12.1 Å². The number of rotatable bonds is 4. The summed E-state index contributed by atoms with van der Waals surface area (Å²) in [5, 5.41) is 2.86. The molecule has 122 valence electrons. The molecular formula is C16H14N4O4. The van der Waals surface area contributed by atoms with E-state index in [1.54, 1.807) is 30.3 Å². The lowest BCUT2D eigenvalue weighted by atomic mass is 10.2. The van der Waals surface area contributed by atoms with Crippen LogP contribution in [0.15, 0.2) is 57.0 Å². The first-order valence-corrected chi connectivity index (χ1v) is 7.25. The Bertz CT molecular complexity index is 1080. The molecule has 0 atom stereocenters. The van der Waals surface area contributed by atoms with E-state index in [1.165, 1.54) is 16.8 Å². The summed E-state index contributed by atoms with van der Waals surface area (Å²) in [6.07, 6.45) is 1.44. The number of H-pyrrole nitrogens is 2. The number of nitrogens with one attached hydrogen (secondary N) is 3. The van der Waals surface area contributed by atoms with Crippen molar-refractivity contribution in [3.8, 4) is 0 Å². The number of pyridine rings is 1. The van der Waals surface area contributed by atoms with Gasteiger partial charge in [0.2, 0.25) is 5.91 Å². The third-order valence-electron chi connectivity index (χ3n) is 3.56. The second-order valence-corrected chi connectivity index (χ2v) is 5.14. The van der Waals surface area contributed by atoms with Crippen molar-refractivity contribution in [3.05, 3.63) is 73.8 Å². The molecule has 0 spiro atoms. The summed E-state index contributed by atoms with van der Waals surface area (Å²) in [6.45, 7) is 0.0761. The van der Waals surface area contributed by atoms with E-state index in [9.17, 15) is 19.2 Å². The van der Waals surface area contributed by atoms with E-state index >= 15 is 0 Å². The fraction of sp³-hybridized carbons (Fsp3) is 0.125. The Balaban J connectivity index is 1.83. The molecule has 2 heterocycles. The largest absolute Gasteiger partial charge is 0.328 e. The highest BCUT2D eigenvalue weighted by Crippen LogP contribution is 2.07. The summed E-state index contributed by atoms with van der Waals surface area (Å²) >= 11 is 0. The third kappa shape index (κ3) is 3.02. The van der Waals surface area contributed by atoms with Crippen LogP contribution in [0.3, 0.4) is 0 Å². The van der Waals surface area contributed by atoms with Crippen molar-refractivity contribution in [2.24, 2.45) is 0 Å². The summed E-state index contributed by atoms with van der Waals surface area (Å²) in [5.41, 5.74) is -0.855. The Morgan fingerprint density at radius 3 is 2.62 bits per heavy atom. The third-order valence-corrected chi connectivity index (χ3v) is 3.56. The van der Waals surface area contributed by atoms with E-state index < -0.39 is 22.7 Å². The number of amides is 1. The molecule has 0 aliphatic rings. The zero-order valence-electron chi connectivity index (χ0n) is 12.5. The number of aryl methyl sites for hydroxylation is 1. The van der Waals surface area contributed by atoms with Crippen LogP contribution in [0.5, 0.6) is 0 Å². The predicted molar refractivity (Wildman–Crippen MR) is 89.1 cm³/mol. The minimum absolute atomic E-state index is 0.0235. The van der Waals surface area contributed by atoms with E-state index in [0.29, 0.717) is 10.9 Å². The minimum Gasteiger partial charge on any atom is -0.327 e. The van der Waals surface area contributed by atoms with Crippen LogP contribution >= 0.6 is 0 Å². The molecule has 24 heavy (non-hydrogen) atoms. The SMILES string of the molecule is O=C(CCn1c(=O)[nH]c(=O)c2ccccc21)Nc1ccc[nH]c1=O. The highest BCUT2D eigenvalue weighted by Gasteiger charge is 2.10. The second-order valence-electron chi connectivity index (χ2n) is 5.14. The van der Waals surface area contributed by atoms with Gasteiger partial charge in [0.1, 0.15) is 5.69 Å². The zero-order chi connectivity index (χ0) is 17.1. The van der Waals surface area contributed by atoms with Gasteiger partial charge in [-0.3, -0.25) is 23.9 Å². The van der Waals surface area contributed by atoms with Crippen molar-refractivity contribution in [1.82, 2.24) is 14.5 Å². The number of nitrogens with zero attached hydrogens (tertiary/aromatic N) is 1. The molecule has 2 aromatic heterocycles. The highest BCUT2D eigenvalue weighted by atomic mass is 16.2. The molecule has 8 nitrogen and oxygen atoms in total. The lowest BCUT2D eigenvalue weighted by Gasteiger charge is -2.09. The monoisotopic (exact) mass is 326 g/mol. The molecule has 0 saturated heterocycles. The number of carbonyl (C=O) groups excluding carboxylic acids is 1. The van der Waals surface area contributed by atoms with E-state index in [0.717, 1.165) is 0 Å². The topological polar surface area (TPSA) is 117 Å². The molecule has 0 radical (unpaired) electrons. The van der Waals surface area contributed by atoms with Gasteiger partial charge in [0.15, 0.2) is 0 Å². The molecule has 3 rings (SSSR count). The van der Waals surface area contributed by atoms with Gasteiger partial charge in [-0.05, 0) is 24.3 Å². The van der Waals surface area contributed by atoms with Crippen molar-refractivity contribution >= 4 is 22.5 Å². The molecule has 0 aliphatic heterocycles. The lowest BCUT2D eigenvalue weighted by molar-refractivity contribution is -0.116. The Labute approximate surface area is 134 Å². The average molecular weight is 326 g/mol. The van der Waals surface area contributed by atoms with Crippen LogP contribution in [0.4, 0.5) is 5.69 Å². The van der Waals surface area contributed by atoms with Crippen LogP contribution in [0.25, 0.3) is 10.9 Å². The first-order chi connectivity index (χ1) is 11.6. The maximum atomic E-state index is 12.0. The molecule has 0 fully saturated rings. The Kier molecular flexibility index (Phi) is 4.11. The van der Waals surface area contributed by atoms with Gasteiger partial charge in [-0.25, -0.2) is 4.79 Å². The molecule has 1 aromatic carbocycles. The van der Waals surface area contributed by atoms with Crippen LogP contribution in [0.1, 0.15) is 6.42 Å². The van der Waals surface area contributed by atoms with Gasteiger partial charge >= 0.3 is 5.69 Å². The molecule has 0 aliphatic carbocycles. The van der Waals surface area contributed by atoms with Gasteiger partial charge in [-0.15, -0.1) is 0 Å². The number of para-hydroxylation sites is 1. The molecule has 1 amide bonds. The smallest absolute Gasteiger partial charge is 0.327 e. The highest BCUT2D eigenvalue weighted by molar-refractivity contribution is 5.90. The average Bonchev–Trinajstić information content (AvgIpc) is 2.57. The number of benzene rings is 1. The fourth-order valence-corrected chi connectivity index (χ4v) is 2.41. The standard InChI is InChI=1S/C16H14N4O4/c21-13(18-11-5-3-8-17-15(11)23)7-9-20-12-6-2-1-4-10(12)14(22)19-16(20)24/h1-6,8H,7,9H2,(H,17,23)(H,18,21)(H,19,22,24). The predicted octanol–water partition coefficient (Wildman–Crippen LogP) is 0.407. The molecule has 3 N–H and O–H groups in total. The number of aromatic nitrogens is 3. The Morgan fingerprint density at radius 1 is 1.04 bits per heavy atom. The first kappa shape index (κ1) is 15.5. The lowest BCUT2D eigenvalue weighted by Crippen LogP contribution is -2.31. The van der Waals surface area contributed by atoms with Crippen LogP contribution in [-0.2, 0) is 11.3 Å². The summed E-state index contributed by atoms with van der Waals surface area (Å²) in [6, 6.07) is 9.73. The van der Waals surface area contributed by atoms with Crippen molar-refractivity contribution in [1.29, 1.82) is 0 Å². The number of hydrogen-bond donors (Lipinski definition) is 3. The maximum Gasteiger partial charge on any atom is 0.328 e. The quantitative estimate of drug-likeness (QED) is 0.643. The summed E-state index contributed by atoms with van der Waals surface area (Å²) in [4.78, 5) is 52.0. The Hall–Kier alpha value is -3.42. The summed E-state index contributed by atoms with van der Waals surface area (Å²) < 4.78 is 1.32. The van der Waals surface area contributed by atoms with E-state index in [4.69, 9.17) is 0 Å². The van der Waals surface area contributed by atoms with E-state index in [-0.39, 0.29) is 18.7 Å². The Morgan fingerprint density at radius 2 is 1.83 bits per heavy atom. The van der Waals surface area contributed by atoms with E-state index in [1.807, 2.05) is 0 Å². The minimum atomic E-state index is -0.580. The zero-order valence-corrected chi connectivity index (χ0v) is 12.5. The molecule has 3 aromatic rings. The normalized spacial score (nSPS) is 10.7. The van der Waals surface area contributed by atoms with E-state index in [2.05, 4.69) is 15.3 Å². The molecule has 8 heteroatoms. The molecule has 0 saturated carbocycles. The maximum absolute atomic E-state index is 12.0. The number of anilines is 1. The summed E-state index contributed by atoms with van der Waals surface area (Å²) in [5.74, 6) is -0.408. The van der Waals surface area contributed by atoms with Gasteiger partial charge < -0.3 is 10.3 Å². The molecule has 0 bridgehead atoms. The van der Waals surface area contributed by atoms with Gasteiger partial charge in [0, 0.05) is 19.2 Å². The van der Waals surface area contributed by atoms with Gasteiger partial charge in [0.25, 0.3) is 11.1 Å². The number of aromatic amines is 2. The first-order valence-electron chi connectivity index (χ1n) is 7.25. The number of hydrogen-bond acceptors (Lipinski definition) is 4. The van der Waals surface area contributed by atoms with Gasteiger partial charge in [-0.2, -0.15) is 0 Å². The molecular weight excluding hydrogens is 312 g/mol. The van der Waals surface area contributed by atoms with Crippen molar-refractivity contribution in [2.75, 3.05) is 5.32 Å². The van der Waals surface area contributed by atoms with Crippen molar-refractivity contribution in [3.63, 3.8) is 0 Å². The second kappa shape index (κ2) is 6.37. The van der Waals surface area contributed by atoms with Crippen molar-refractivity contribution < 1.29 is 4.79 Å². The number of fused-ring (bicyclic) bond motifs is 1. The van der Waals surface area contributed by atoms with Crippen LogP contribution in [0, 0.1) is 0 Å². The van der Waals surface area contributed by atoms with Gasteiger partial charge in [0.05, 0.1) is 10.9 Å². The van der Waals surface area contributed by atoms with Crippen LogP contribution in [-0.4, -0.2) is 20.4 Å². The van der Waals surface area contributed by atoms with Crippen LogP contribution in [0.2, 0.25) is 0 Å². The van der Waals surface area contributed by atoms with Crippen molar-refractivity contribution in [2.45, 2.75) is 13.0 Å².